The molecule has 0 fully saturated rings. The van der Waals surface area contributed by atoms with Gasteiger partial charge in [0.1, 0.15) is 0 Å². The number of nitrogens with zero attached hydrogens (tertiary/aromatic N) is 3. The predicted molar refractivity (Wildman–Crippen MR) is 67.3 cm³/mol. The second-order valence-corrected chi connectivity index (χ2v) is 4.27. The number of aromatic nitrogens is 3. The average Bonchev–Trinajstić information content (AvgIpc) is 2.25. The Bertz CT molecular complexity index is 365. The monoisotopic (exact) mass is 256 g/mol. The van der Waals surface area contributed by atoms with Crippen LogP contribution < -0.4 is 16.8 Å². The number of carbonyl (C=O) groups is 1. The molecule has 0 saturated carbocycles. The summed E-state index contributed by atoms with van der Waals surface area (Å²) in [7, 11) is 0. The van der Waals surface area contributed by atoms with E-state index in [4.69, 9.17) is 11.5 Å². The number of nitrogens with two attached hydrogens (primary N) is 2. The number of carbonyl (C=O) groups excluding carboxylic acids is 1. The molecular formula is C9H16N6OS. The van der Waals surface area contributed by atoms with E-state index in [9.17, 15) is 4.79 Å². The molecule has 0 bridgehead atoms. The fraction of sp³-hybridized carbons (Fsp3) is 0.556. The van der Waals surface area contributed by atoms with Gasteiger partial charge in [0.05, 0.1) is 5.75 Å². The molecule has 1 rings (SSSR count). The van der Waals surface area contributed by atoms with E-state index in [1.807, 2.05) is 0 Å². The van der Waals surface area contributed by atoms with E-state index in [0.717, 1.165) is 12.8 Å². The van der Waals surface area contributed by atoms with E-state index >= 15 is 0 Å². The Morgan fingerprint density at radius 3 is 2.53 bits per heavy atom. The third-order valence-electron chi connectivity index (χ3n) is 1.83. The fourth-order valence-electron chi connectivity index (χ4n) is 1.04. The summed E-state index contributed by atoms with van der Waals surface area (Å²) in [4.78, 5) is 22.8. The summed E-state index contributed by atoms with van der Waals surface area (Å²) < 4.78 is 0. The van der Waals surface area contributed by atoms with Crippen LogP contribution in [0.2, 0.25) is 0 Å². The number of nitrogen functional groups attached to an aromatic ring is 2. The lowest BCUT2D eigenvalue weighted by Crippen LogP contribution is -2.26. The van der Waals surface area contributed by atoms with Gasteiger partial charge in [-0.25, -0.2) is 0 Å². The standard InChI is InChI=1S/C9H16N6OS/c1-2-3-4-12-6(16)5-17-9-14-7(10)13-8(11)15-9/h2-5H2,1H3,(H,12,16)(H4,10,11,13,14,15). The zero-order valence-corrected chi connectivity index (χ0v) is 10.5. The second kappa shape index (κ2) is 6.89. The average molecular weight is 256 g/mol. The molecule has 17 heavy (non-hydrogen) atoms. The van der Waals surface area contributed by atoms with Crippen molar-refractivity contribution in [1.82, 2.24) is 20.3 Å². The van der Waals surface area contributed by atoms with E-state index < -0.39 is 0 Å². The zero-order valence-electron chi connectivity index (χ0n) is 9.64. The van der Waals surface area contributed by atoms with Gasteiger partial charge in [0.2, 0.25) is 17.8 Å². The van der Waals surface area contributed by atoms with Crippen LogP contribution in [0.3, 0.4) is 0 Å². The molecule has 8 heteroatoms. The number of unbranched alkanes of at least 4 members (excludes halogenated alkanes) is 1. The van der Waals surface area contributed by atoms with E-state index in [1.54, 1.807) is 0 Å². The van der Waals surface area contributed by atoms with E-state index in [2.05, 4.69) is 27.2 Å². The molecule has 1 aromatic rings. The van der Waals surface area contributed by atoms with Gasteiger partial charge in [0.15, 0.2) is 5.16 Å². The third kappa shape index (κ3) is 5.34. The number of rotatable bonds is 6. The molecule has 5 N–H and O–H groups in total. The van der Waals surface area contributed by atoms with Crippen molar-refractivity contribution >= 4 is 29.6 Å². The molecule has 0 aliphatic rings. The largest absolute Gasteiger partial charge is 0.368 e. The van der Waals surface area contributed by atoms with Crippen LogP contribution >= 0.6 is 11.8 Å². The molecule has 0 aromatic carbocycles. The van der Waals surface area contributed by atoms with Crippen molar-refractivity contribution in [2.24, 2.45) is 0 Å². The molecule has 0 spiro atoms. The number of amides is 1. The van der Waals surface area contributed by atoms with Crippen LogP contribution in [0, 0.1) is 0 Å². The minimum absolute atomic E-state index is 0.0546. The Labute approximate surface area is 104 Å². The second-order valence-electron chi connectivity index (χ2n) is 3.33. The first-order chi connectivity index (χ1) is 8.11. The summed E-state index contributed by atoms with van der Waals surface area (Å²) in [5, 5.41) is 3.15. The van der Waals surface area contributed by atoms with Gasteiger partial charge in [-0.05, 0) is 6.42 Å². The molecule has 1 amide bonds. The molecule has 0 aliphatic carbocycles. The van der Waals surface area contributed by atoms with Gasteiger partial charge in [0, 0.05) is 6.54 Å². The van der Waals surface area contributed by atoms with Gasteiger partial charge in [-0.15, -0.1) is 0 Å². The highest BCUT2D eigenvalue weighted by Crippen LogP contribution is 2.13. The van der Waals surface area contributed by atoms with Crippen molar-refractivity contribution in [2.45, 2.75) is 24.9 Å². The van der Waals surface area contributed by atoms with Gasteiger partial charge in [-0.3, -0.25) is 4.79 Å². The van der Waals surface area contributed by atoms with Crippen molar-refractivity contribution < 1.29 is 4.79 Å². The normalized spacial score (nSPS) is 10.2. The number of hydrogen-bond donors (Lipinski definition) is 3. The van der Waals surface area contributed by atoms with Crippen LogP contribution in [0.5, 0.6) is 0 Å². The fourth-order valence-corrected chi connectivity index (χ4v) is 1.72. The minimum atomic E-state index is -0.0546. The molecule has 0 radical (unpaired) electrons. The van der Waals surface area contributed by atoms with Crippen LogP contribution in [0.4, 0.5) is 11.9 Å². The third-order valence-corrected chi connectivity index (χ3v) is 2.68. The molecule has 0 atom stereocenters. The molecule has 0 unspecified atom stereocenters. The number of thioether (sulfide) groups is 1. The number of nitrogens with one attached hydrogen (secondary N) is 1. The van der Waals surface area contributed by atoms with Gasteiger partial charge in [-0.2, -0.15) is 15.0 Å². The highest BCUT2D eigenvalue weighted by Gasteiger charge is 2.06. The molecule has 7 nitrogen and oxygen atoms in total. The lowest BCUT2D eigenvalue weighted by atomic mass is 10.3. The molecule has 0 saturated heterocycles. The molecule has 1 heterocycles. The Morgan fingerprint density at radius 1 is 1.29 bits per heavy atom. The Balaban J connectivity index is 2.36. The minimum Gasteiger partial charge on any atom is -0.368 e. The van der Waals surface area contributed by atoms with Crippen molar-refractivity contribution in [1.29, 1.82) is 0 Å². The van der Waals surface area contributed by atoms with Crippen LogP contribution in [0.25, 0.3) is 0 Å². The Hall–Kier alpha value is -1.57. The highest BCUT2D eigenvalue weighted by molar-refractivity contribution is 7.99. The first-order valence-electron chi connectivity index (χ1n) is 5.28. The van der Waals surface area contributed by atoms with Crippen LogP contribution in [0.15, 0.2) is 5.16 Å². The quantitative estimate of drug-likeness (QED) is 0.485. The maximum Gasteiger partial charge on any atom is 0.230 e. The predicted octanol–water partition coefficient (Wildman–Crippen LogP) is 0.0444. The lowest BCUT2D eigenvalue weighted by molar-refractivity contribution is -0.118. The van der Waals surface area contributed by atoms with E-state index in [1.165, 1.54) is 11.8 Å². The first kappa shape index (κ1) is 13.5. The molecule has 1 aromatic heterocycles. The van der Waals surface area contributed by atoms with Gasteiger partial charge >= 0.3 is 0 Å². The smallest absolute Gasteiger partial charge is 0.230 e. The van der Waals surface area contributed by atoms with Crippen LogP contribution in [-0.2, 0) is 4.79 Å². The van der Waals surface area contributed by atoms with Gasteiger partial charge < -0.3 is 16.8 Å². The first-order valence-corrected chi connectivity index (χ1v) is 6.27. The summed E-state index contributed by atoms with van der Waals surface area (Å²) in [6, 6.07) is 0. The van der Waals surface area contributed by atoms with Crippen LogP contribution in [-0.4, -0.2) is 33.2 Å². The summed E-state index contributed by atoms with van der Waals surface area (Å²) >= 11 is 1.18. The highest BCUT2D eigenvalue weighted by atomic mass is 32.2. The topological polar surface area (TPSA) is 120 Å². The van der Waals surface area contributed by atoms with Crippen LogP contribution in [0.1, 0.15) is 19.8 Å². The van der Waals surface area contributed by atoms with Gasteiger partial charge in [0.25, 0.3) is 0 Å². The maximum atomic E-state index is 11.4. The molecule has 0 aliphatic heterocycles. The summed E-state index contributed by atoms with van der Waals surface area (Å²) in [6.07, 6.45) is 2.02. The summed E-state index contributed by atoms with van der Waals surface area (Å²) in [5.74, 6) is 0.311. The lowest BCUT2D eigenvalue weighted by Gasteiger charge is -2.03. The van der Waals surface area contributed by atoms with Crippen molar-refractivity contribution in [3.05, 3.63) is 0 Å². The summed E-state index contributed by atoms with van der Waals surface area (Å²) in [5.41, 5.74) is 10.8. The molecule has 94 valence electrons. The summed E-state index contributed by atoms with van der Waals surface area (Å²) in [6.45, 7) is 2.76. The molecular weight excluding hydrogens is 240 g/mol. The Kier molecular flexibility index (Phi) is 5.47. The maximum absolute atomic E-state index is 11.4. The van der Waals surface area contributed by atoms with E-state index in [0.29, 0.717) is 11.7 Å². The van der Waals surface area contributed by atoms with Gasteiger partial charge in [-0.1, -0.05) is 25.1 Å². The SMILES string of the molecule is CCCCNC(=O)CSc1nc(N)nc(N)n1. The van der Waals surface area contributed by atoms with Crippen molar-refractivity contribution in [3.8, 4) is 0 Å². The van der Waals surface area contributed by atoms with Crippen molar-refractivity contribution in [3.63, 3.8) is 0 Å². The van der Waals surface area contributed by atoms with E-state index in [-0.39, 0.29) is 23.6 Å². The number of anilines is 2. The van der Waals surface area contributed by atoms with Crippen molar-refractivity contribution in [2.75, 3.05) is 23.8 Å². The zero-order chi connectivity index (χ0) is 12.7. The number of hydrogen-bond acceptors (Lipinski definition) is 7. The Morgan fingerprint density at radius 2 is 1.94 bits per heavy atom.